The van der Waals surface area contributed by atoms with Crippen LogP contribution in [0, 0.1) is 29.1 Å². The van der Waals surface area contributed by atoms with Gasteiger partial charge in [0, 0.05) is 5.41 Å². The molecule has 20 heavy (non-hydrogen) atoms. The van der Waals surface area contributed by atoms with Gasteiger partial charge in [0.25, 0.3) is 0 Å². The van der Waals surface area contributed by atoms with E-state index in [1.54, 1.807) is 5.57 Å². The molecule has 1 heterocycles. The lowest BCUT2D eigenvalue weighted by atomic mass is 9.55. The van der Waals surface area contributed by atoms with Crippen molar-refractivity contribution in [3.63, 3.8) is 0 Å². The predicted molar refractivity (Wildman–Crippen MR) is 77.1 cm³/mol. The first-order chi connectivity index (χ1) is 9.67. The molecule has 4 fully saturated rings. The molecule has 0 aromatic carbocycles. The van der Waals surface area contributed by atoms with Gasteiger partial charge in [0.15, 0.2) is 0 Å². The first-order valence-corrected chi connectivity index (χ1v) is 8.70. The molecule has 0 radical (unpaired) electrons. The Morgan fingerprint density at radius 2 is 1.95 bits per heavy atom. The van der Waals surface area contributed by atoms with E-state index >= 15 is 0 Å². The molecule has 1 N–H and O–H groups in total. The van der Waals surface area contributed by atoms with Crippen LogP contribution in [-0.2, 0) is 4.74 Å². The van der Waals surface area contributed by atoms with Crippen LogP contribution in [0.1, 0.15) is 51.9 Å². The highest BCUT2D eigenvalue weighted by molar-refractivity contribution is 5.26. The van der Waals surface area contributed by atoms with Gasteiger partial charge in [0.2, 0.25) is 0 Å². The Morgan fingerprint density at radius 1 is 1.10 bits per heavy atom. The molecular weight excluding hydrogens is 248 g/mol. The fourth-order valence-corrected chi connectivity index (χ4v) is 6.33. The second-order valence-electron chi connectivity index (χ2n) is 8.35. The van der Waals surface area contributed by atoms with Gasteiger partial charge in [-0.15, -0.1) is 0 Å². The maximum atomic E-state index is 10.4. The molecule has 0 bridgehead atoms. The van der Waals surface area contributed by atoms with E-state index in [1.807, 2.05) is 0 Å². The average molecular weight is 274 g/mol. The van der Waals surface area contributed by atoms with Crippen LogP contribution in [0.25, 0.3) is 0 Å². The van der Waals surface area contributed by atoms with Crippen LogP contribution in [0.2, 0.25) is 0 Å². The van der Waals surface area contributed by atoms with Crippen molar-refractivity contribution < 1.29 is 9.84 Å². The number of allylic oxidation sites excluding steroid dienone is 2. The molecule has 2 nitrogen and oxygen atoms in total. The minimum atomic E-state index is -0.0643. The summed E-state index contributed by atoms with van der Waals surface area (Å²) in [5, 5.41) is 10.4. The number of fused-ring (bicyclic) bond motifs is 6. The Bertz CT molecular complexity index is 470. The molecule has 0 aromatic heterocycles. The van der Waals surface area contributed by atoms with Crippen molar-refractivity contribution in [3.05, 3.63) is 11.6 Å². The zero-order valence-electron chi connectivity index (χ0n) is 12.4. The van der Waals surface area contributed by atoms with Crippen LogP contribution in [0.4, 0.5) is 0 Å². The zero-order valence-corrected chi connectivity index (χ0v) is 12.4. The average Bonchev–Trinajstić information content (AvgIpc) is 3.14. The van der Waals surface area contributed by atoms with Crippen molar-refractivity contribution in [2.45, 2.75) is 70.2 Å². The van der Waals surface area contributed by atoms with Gasteiger partial charge >= 0.3 is 0 Å². The summed E-state index contributed by atoms with van der Waals surface area (Å²) in [4.78, 5) is 0. The Morgan fingerprint density at radius 3 is 2.85 bits per heavy atom. The highest BCUT2D eigenvalue weighted by Gasteiger charge is 2.56. The van der Waals surface area contributed by atoms with Crippen LogP contribution < -0.4 is 0 Å². The highest BCUT2D eigenvalue weighted by Crippen LogP contribution is 2.61. The number of aliphatic hydroxyl groups is 1. The van der Waals surface area contributed by atoms with Gasteiger partial charge in [-0.05, 0) is 68.6 Å². The quantitative estimate of drug-likeness (QED) is 0.543. The first kappa shape index (κ1) is 12.2. The molecule has 0 spiro atoms. The molecule has 8 atom stereocenters. The van der Waals surface area contributed by atoms with Gasteiger partial charge in [-0.2, -0.15) is 0 Å². The number of hydrogen-bond donors (Lipinski definition) is 1. The monoisotopic (exact) mass is 274 g/mol. The standard InChI is InChI=1S/C18H26O2/c1-18-7-6-11-12(14(18)4-5-17(18)19)3-2-10-8-15-16(20-15)9-13(10)11/h6,10,12-17,19H,2-5,7-9H2,1H3/t10?,12-,13+,14+,15?,16?,17+,18+/m1/s1. The van der Waals surface area contributed by atoms with Crippen LogP contribution in [-0.4, -0.2) is 23.4 Å². The smallest absolute Gasteiger partial charge is 0.0847 e. The molecule has 2 heteroatoms. The summed E-state index contributed by atoms with van der Waals surface area (Å²) < 4.78 is 5.81. The summed E-state index contributed by atoms with van der Waals surface area (Å²) in [5.41, 5.74) is 1.96. The van der Waals surface area contributed by atoms with Crippen molar-refractivity contribution in [3.8, 4) is 0 Å². The largest absolute Gasteiger partial charge is 0.393 e. The normalized spacial score (nSPS) is 59.9. The number of hydrogen-bond acceptors (Lipinski definition) is 2. The number of rotatable bonds is 0. The summed E-state index contributed by atoms with van der Waals surface area (Å²) in [6.45, 7) is 2.34. The molecular formula is C18H26O2. The van der Waals surface area contributed by atoms with Crippen LogP contribution in [0.5, 0.6) is 0 Å². The van der Waals surface area contributed by atoms with E-state index in [-0.39, 0.29) is 11.5 Å². The van der Waals surface area contributed by atoms with Gasteiger partial charge in [-0.1, -0.05) is 18.6 Å². The fraction of sp³-hybridized carbons (Fsp3) is 0.889. The molecule has 0 amide bonds. The summed E-state index contributed by atoms with van der Waals surface area (Å²) in [6, 6.07) is 0. The Labute approximate surface area is 121 Å². The van der Waals surface area contributed by atoms with Gasteiger partial charge in [-0.3, -0.25) is 0 Å². The Balaban J connectivity index is 1.49. The van der Waals surface area contributed by atoms with Crippen molar-refractivity contribution in [2.24, 2.45) is 29.1 Å². The number of ether oxygens (including phenoxy) is 1. The lowest BCUT2D eigenvalue weighted by Gasteiger charge is -2.50. The van der Waals surface area contributed by atoms with E-state index in [0.717, 1.165) is 36.5 Å². The maximum Gasteiger partial charge on any atom is 0.0847 e. The number of epoxide rings is 1. The van der Waals surface area contributed by atoms with Crippen LogP contribution in [0.3, 0.4) is 0 Å². The lowest BCUT2D eigenvalue weighted by molar-refractivity contribution is 0.00906. The van der Waals surface area contributed by atoms with Gasteiger partial charge < -0.3 is 9.84 Å². The molecule has 3 saturated carbocycles. The maximum absolute atomic E-state index is 10.4. The van der Waals surface area contributed by atoms with Crippen LogP contribution >= 0.6 is 0 Å². The van der Waals surface area contributed by atoms with E-state index in [1.165, 1.54) is 32.1 Å². The van der Waals surface area contributed by atoms with Crippen LogP contribution in [0.15, 0.2) is 11.6 Å². The predicted octanol–water partition coefficient (Wildman–Crippen LogP) is 3.30. The van der Waals surface area contributed by atoms with Crippen molar-refractivity contribution in [1.82, 2.24) is 0 Å². The summed E-state index contributed by atoms with van der Waals surface area (Å²) in [5.74, 6) is 3.25. The first-order valence-electron chi connectivity index (χ1n) is 8.70. The van der Waals surface area contributed by atoms with Crippen molar-refractivity contribution >= 4 is 0 Å². The third-order valence-corrected chi connectivity index (χ3v) is 7.61. The SMILES string of the molecule is C[C@]12CC=C3[C@H]4CC5OC5CC4CC[C@H]3[C@@H]1CC[C@@H]2O. The molecule has 5 aliphatic rings. The molecule has 5 rings (SSSR count). The highest BCUT2D eigenvalue weighted by atomic mass is 16.6. The third kappa shape index (κ3) is 1.47. The minimum Gasteiger partial charge on any atom is -0.393 e. The molecule has 110 valence electrons. The van der Waals surface area contributed by atoms with Gasteiger partial charge in [0.05, 0.1) is 18.3 Å². The van der Waals surface area contributed by atoms with E-state index in [4.69, 9.17) is 4.74 Å². The molecule has 1 saturated heterocycles. The lowest BCUT2D eigenvalue weighted by Crippen LogP contribution is -2.44. The minimum absolute atomic E-state index is 0.0643. The van der Waals surface area contributed by atoms with Gasteiger partial charge in [0.1, 0.15) is 0 Å². The van der Waals surface area contributed by atoms with Crippen molar-refractivity contribution in [1.29, 1.82) is 0 Å². The molecule has 0 aromatic rings. The second-order valence-corrected chi connectivity index (χ2v) is 8.35. The Hall–Kier alpha value is -0.340. The second kappa shape index (κ2) is 3.89. The van der Waals surface area contributed by atoms with Crippen molar-refractivity contribution in [2.75, 3.05) is 0 Å². The molecule has 4 aliphatic carbocycles. The van der Waals surface area contributed by atoms with E-state index < -0.39 is 0 Å². The van der Waals surface area contributed by atoms with E-state index in [2.05, 4.69) is 13.0 Å². The topological polar surface area (TPSA) is 32.8 Å². The zero-order chi connectivity index (χ0) is 13.5. The van der Waals surface area contributed by atoms with E-state index in [0.29, 0.717) is 12.2 Å². The molecule has 1 aliphatic heterocycles. The number of aliphatic hydroxyl groups excluding tert-OH is 1. The fourth-order valence-electron chi connectivity index (χ4n) is 6.33. The summed E-state index contributed by atoms with van der Waals surface area (Å²) in [7, 11) is 0. The molecule has 3 unspecified atom stereocenters. The summed E-state index contributed by atoms with van der Waals surface area (Å²) in [6.07, 6.45) is 12.5. The third-order valence-electron chi connectivity index (χ3n) is 7.61. The van der Waals surface area contributed by atoms with E-state index in [9.17, 15) is 5.11 Å². The summed E-state index contributed by atoms with van der Waals surface area (Å²) >= 11 is 0. The Kier molecular flexibility index (Phi) is 2.38. The van der Waals surface area contributed by atoms with Gasteiger partial charge in [-0.25, -0.2) is 0 Å².